The number of guanidine groups is 1. The van der Waals surface area contributed by atoms with Gasteiger partial charge in [0, 0.05) is 19.5 Å². The Balaban J connectivity index is 3.58. The van der Waals surface area contributed by atoms with E-state index in [0.717, 1.165) is 19.3 Å². The van der Waals surface area contributed by atoms with E-state index in [1.807, 2.05) is 0 Å². The number of aliphatic hydroxyl groups excluding tert-OH is 1. The minimum Gasteiger partial charge on any atom is -0.480 e. The zero-order valence-corrected chi connectivity index (χ0v) is 13.6. The van der Waals surface area contributed by atoms with Crippen LogP contribution < -0.4 is 21.7 Å². The second-order valence-corrected chi connectivity index (χ2v) is 5.34. The number of amides is 2. The molecule has 138 valence electrons. The number of carbonyl (C=O) groups excluding carboxylic acids is 2. The van der Waals surface area contributed by atoms with Crippen LogP contribution in [0.1, 0.15) is 38.5 Å². The summed E-state index contributed by atoms with van der Waals surface area (Å²) in [5.74, 6) is -2.01. The average molecular weight is 345 g/mol. The van der Waals surface area contributed by atoms with Crippen LogP contribution in [0.3, 0.4) is 0 Å². The molecule has 10 heteroatoms. The van der Waals surface area contributed by atoms with Gasteiger partial charge in [-0.05, 0) is 12.8 Å². The molecule has 0 radical (unpaired) electrons. The van der Waals surface area contributed by atoms with Crippen LogP contribution in [0.25, 0.3) is 0 Å². The number of nitrogens with two attached hydrogens (primary N) is 1. The summed E-state index contributed by atoms with van der Waals surface area (Å²) < 4.78 is 0. The summed E-state index contributed by atoms with van der Waals surface area (Å²) in [7, 11) is 0. The largest absolute Gasteiger partial charge is 0.480 e. The van der Waals surface area contributed by atoms with Gasteiger partial charge in [0.1, 0.15) is 6.54 Å². The van der Waals surface area contributed by atoms with E-state index in [4.69, 9.17) is 16.2 Å². The van der Waals surface area contributed by atoms with Gasteiger partial charge in [0.15, 0.2) is 5.96 Å². The van der Waals surface area contributed by atoms with Crippen LogP contribution in [0.4, 0.5) is 0 Å². The summed E-state index contributed by atoms with van der Waals surface area (Å²) in [6, 6.07) is 0. The molecule has 0 bridgehead atoms. The van der Waals surface area contributed by atoms with Crippen molar-refractivity contribution in [2.45, 2.75) is 44.6 Å². The molecular formula is C14H27N5O5. The fraction of sp³-hybridized carbons (Fsp3) is 0.714. The first-order valence-corrected chi connectivity index (χ1v) is 7.82. The number of aliphatic hydroxyl groups is 1. The van der Waals surface area contributed by atoms with Gasteiger partial charge in [-0.3, -0.25) is 19.8 Å². The van der Waals surface area contributed by atoms with Crippen molar-refractivity contribution >= 4 is 23.7 Å². The predicted molar refractivity (Wildman–Crippen MR) is 87.3 cm³/mol. The molecule has 24 heavy (non-hydrogen) atoms. The van der Waals surface area contributed by atoms with E-state index in [2.05, 4.69) is 16.0 Å². The highest BCUT2D eigenvalue weighted by Gasteiger charge is 2.12. The first-order chi connectivity index (χ1) is 11.3. The quantitative estimate of drug-likeness (QED) is 0.120. The van der Waals surface area contributed by atoms with Crippen molar-refractivity contribution in [3.05, 3.63) is 0 Å². The van der Waals surface area contributed by atoms with Gasteiger partial charge in [0.25, 0.3) is 0 Å². The maximum Gasteiger partial charge on any atom is 0.322 e. The lowest BCUT2D eigenvalue weighted by Crippen LogP contribution is -2.37. The highest BCUT2D eigenvalue weighted by atomic mass is 16.4. The molecule has 0 saturated heterocycles. The molecule has 0 fully saturated rings. The van der Waals surface area contributed by atoms with Gasteiger partial charge in [0.2, 0.25) is 11.8 Å². The molecule has 0 aliphatic rings. The number of nitrogens with one attached hydrogen (secondary N) is 4. The minimum absolute atomic E-state index is 0.0513. The van der Waals surface area contributed by atoms with Crippen LogP contribution in [-0.2, 0) is 14.4 Å². The van der Waals surface area contributed by atoms with E-state index in [1.165, 1.54) is 0 Å². The summed E-state index contributed by atoms with van der Waals surface area (Å²) in [6.07, 6.45) is 2.37. The van der Waals surface area contributed by atoms with E-state index < -0.39 is 24.5 Å². The summed E-state index contributed by atoms with van der Waals surface area (Å²) in [5, 5.41) is 32.3. The van der Waals surface area contributed by atoms with Crippen molar-refractivity contribution in [3.8, 4) is 0 Å². The number of carbonyl (C=O) groups is 3. The summed E-state index contributed by atoms with van der Waals surface area (Å²) in [4.78, 5) is 33.1. The molecule has 10 nitrogen and oxygen atoms in total. The van der Waals surface area contributed by atoms with Crippen LogP contribution in [0.5, 0.6) is 0 Å². The Kier molecular flexibility index (Phi) is 11.8. The van der Waals surface area contributed by atoms with Crippen molar-refractivity contribution in [3.63, 3.8) is 0 Å². The summed E-state index contributed by atoms with van der Waals surface area (Å²) in [6.45, 7) is 0.0827. The van der Waals surface area contributed by atoms with E-state index in [9.17, 15) is 19.5 Å². The monoisotopic (exact) mass is 345 g/mol. The second-order valence-electron chi connectivity index (χ2n) is 5.34. The van der Waals surface area contributed by atoms with Crippen LogP contribution >= 0.6 is 0 Å². The predicted octanol–water partition coefficient (Wildman–Crippen LogP) is -1.51. The zero-order chi connectivity index (χ0) is 18.4. The van der Waals surface area contributed by atoms with Crippen molar-refractivity contribution < 1.29 is 24.6 Å². The maximum atomic E-state index is 11.6. The topological polar surface area (TPSA) is 178 Å². The highest BCUT2D eigenvalue weighted by molar-refractivity contribution is 5.81. The van der Waals surface area contributed by atoms with Gasteiger partial charge < -0.3 is 31.9 Å². The maximum absolute atomic E-state index is 11.6. The van der Waals surface area contributed by atoms with Crippen molar-refractivity contribution in [1.82, 2.24) is 16.0 Å². The molecule has 1 unspecified atom stereocenters. The molecule has 0 aromatic carbocycles. The average Bonchev–Trinajstić information content (AvgIpc) is 2.49. The highest BCUT2D eigenvalue weighted by Crippen LogP contribution is 2.02. The number of unbranched alkanes of at least 4 members (excludes halogenated alkanes) is 3. The van der Waals surface area contributed by atoms with Crippen molar-refractivity contribution in [2.75, 3.05) is 19.6 Å². The molecule has 0 rings (SSSR count). The molecule has 8 N–H and O–H groups in total. The van der Waals surface area contributed by atoms with Crippen LogP contribution in [-0.4, -0.2) is 59.7 Å². The lowest BCUT2D eigenvalue weighted by atomic mass is 10.1. The Labute approximate surface area is 140 Å². The van der Waals surface area contributed by atoms with Gasteiger partial charge in [-0.2, -0.15) is 0 Å². The number of carboxylic acid groups (broad SMARTS) is 1. The first kappa shape index (κ1) is 21.6. The Morgan fingerprint density at radius 3 is 2.29 bits per heavy atom. The number of hydrogen-bond donors (Lipinski definition) is 7. The van der Waals surface area contributed by atoms with Crippen LogP contribution in [0, 0.1) is 5.41 Å². The fourth-order valence-corrected chi connectivity index (χ4v) is 1.84. The number of rotatable bonds is 13. The smallest absolute Gasteiger partial charge is 0.322 e. The molecule has 0 aliphatic carbocycles. The molecular weight excluding hydrogens is 318 g/mol. The van der Waals surface area contributed by atoms with Gasteiger partial charge in [0.05, 0.1) is 12.5 Å². The van der Waals surface area contributed by atoms with Crippen LogP contribution in [0.2, 0.25) is 0 Å². The third-order valence-electron chi connectivity index (χ3n) is 3.04. The van der Waals surface area contributed by atoms with Gasteiger partial charge in [-0.25, -0.2) is 0 Å². The Morgan fingerprint density at radius 2 is 1.67 bits per heavy atom. The lowest BCUT2D eigenvalue weighted by molar-refractivity contribution is -0.138. The second kappa shape index (κ2) is 13.1. The van der Waals surface area contributed by atoms with E-state index in [1.54, 1.807) is 0 Å². The van der Waals surface area contributed by atoms with Gasteiger partial charge in [-0.15, -0.1) is 0 Å². The van der Waals surface area contributed by atoms with E-state index >= 15 is 0 Å². The zero-order valence-electron chi connectivity index (χ0n) is 13.6. The third-order valence-corrected chi connectivity index (χ3v) is 3.04. The number of hydrogen-bond acceptors (Lipinski definition) is 5. The molecule has 0 aromatic heterocycles. The molecule has 0 heterocycles. The minimum atomic E-state index is -1.16. The molecule has 0 aromatic rings. The number of carboxylic acids is 1. The fourth-order valence-electron chi connectivity index (χ4n) is 1.84. The molecule has 0 spiro atoms. The summed E-state index contributed by atoms with van der Waals surface area (Å²) in [5.41, 5.74) is 5.14. The Morgan fingerprint density at radius 1 is 1.00 bits per heavy atom. The van der Waals surface area contributed by atoms with E-state index in [0.29, 0.717) is 19.4 Å². The standard InChI is InChI=1S/C14H27N5O5/c15-14(16)17-6-4-2-1-3-5-11(21)18-8-10(20)7-12(22)19-9-13(23)24/h10,20H,1-9H2,(H,18,21)(H,19,22)(H,23,24)(H4,15,16,17). The summed E-state index contributed by atoms with van der Waals surface area (Å²) >= 11 is 0. The van der Waals surface area contributed by atoms with Gasteiger partial charge in [-0.1, -0.05) is 12.8 Å². The molecule has 1 atom stereocenters. The molecule has 2 amide bonds. The van der Waals surface area contributed by atoms with Crippen LogP contribution in [0.15, 0.2) is 0 Å². The normalized spacial score (nSPS) is 11.4. The Hall–Kier alpha value is -2.36. The van der Waals surface area contributed by atoms with E-state index in [-0.39, 0.29) is 24.8 Å². The lowest BCUT2D eigenvalue weighted by Gasteiger charge is -2.11. The first-order valence-electron chi connectivity index (χ1n) is 7.82. The SMILES string of the molecule is N=C(N)NCCCCCCC(=O)NCC(O)CC(=O)NCC(=O)O. The number of aliphatic carboxylic acids is 1. The molecule has 0 saturated carbocycles. The van der Waals surface area contributed by atoms with Crippen molar-refractivity contribution in [1.29, 1.82) is 5.41 Å². The third kappa shape index (κ3) is 14.6. The van der Waals surface area contributed by atoms with Crippen molar-refractivity contribution in [2.24, 2.45) is 5.73 Å². The Bertz CT molecular complexity index is 430. The van der Waals surface area contributed by atoms with Gasteiger partial charge >= 0.3 is 5.97 Å². The molecule has 0 aliphatic heterocycles.